The van der Waals surface area contributed by atoms with Crippen molar-refractivity contribution >= 4 is 17.3 Å². The molecule has 3 rings (SSSR count). The number of hydrogen-bond acceptors (Lipinski definition) is 5. The van der Waals surface area contributed by atoms with E-state index in [1.54, 1.807) is 37.4 Å². The van der Waals surface area contributed by atoms with Crippen LogP contribution in [0.25, 0.3) is 10.6 Å². The molecule has 0 aliphatic carbocycles. The summed E-state index contributed by atoms with van der Waals surface area (Å²) in [6, 6.07) is 11.4. The van der Waals surface area contributed by atoms with Gasteiger partial charge in [-0.3, -0.25) is 4.98 Å². The van der Waals surface area contributed by atoms with Gasteiger partial charge in [0.15, 0.2) is 0 Å². The third-order valence-electron chi connectivity index (χ3n) is 3.15. The molecule has 0 saturated heterocycles. The molecule has 0 N–H and O–H groups in total. The number of carbonyl (C=O) groups is 1. The average Bonchev–Trinajstić information content (AvgIpc) is 2.96. The Morgan fingerprint density at radius 3 is 2.70 bits per heavy atom. The minimum Gasteiger partial charge on any atom is -0.455 e. The normalized spacial score (nSPS) is 10.5. The number of esters is 1. The summed E-state index contributed by atoms with van der Waals surface area (Å²) in [7, 11) is 0. The van der Waals surface area contributed by atoms with Crippen LogP contribution >= 0.6 is 11.3 Å². The second-order valence-corrected chi connectivity index (χ2v) is 5.84. The molecule has 0 unspecified atom stereocenters. The van der Waals surface area contributed by atoms with E-state index in [0.29, 0.717) is 21.3 Å². The van der Waals surface area contributed by atoms with Crippen molar-refractivity contribution in [2.45, 2.75) is 13.5 Å². The maximum Gasteiger partial charge on any atom is 0.350 e. The smallest absolute Gasteiger partial charge is 0.350 e. The highest BCUT2D eigenvalue weighted by atomic mass is 32.1. The molecule has 6 heteroatoms. The van der Waals surface area contributed by atoms with E-state index in [1.807, 2.05) is 6.07 Å². The Hall–Kier alpha value is -2.60. The van der Waals surface area contributed by atoms with Gasteiger partial charge in [-0.15, -0.1) is 11.3 Å². The molecule has 2 heterocycles. The molecule has 0 aliphatic heterocycles. The predicted molar refractivity (Wildman–Crippen MR) is 85.6 cm³/mol. The van der Waals surface area contributed by atoms with E-state index in [4.69, 9.17) is 4.74 Å². The first-order chi connectivity index (χ1) is 11.1. The fourth-order valence-corrected chi connectivity index (χ4v) is 2.96. The molecule has 0 radical (unpaired) electrons. The molecule has 0 aliphatic rings. The van der Waals surface area contributed by atoms with Gasteiger partial charge in [0.05, 0.1) is 11.4 Å². The Bertz CT molecular complexity index is 816. The van der Waals surface area contributed by atoms with Gasteiger partial charge in [-0.1, -0.05) is 6.07 Å². The summed E-state index contributed by atoms with van der Waals surface area (Å²) in [4.78, 5) is 21.1. The number of aryl methyl sites for hydroxylation is 1. The number of nitrogens with zero attached hydrogens (tertiary/aromatic N) is 2. The maximum atomic E-state index is 13.0. The minimum atomic E-state index is -0.431. The Kier molecular flexibility index (Phi) is 4.43. The quantitative estimate of drug-likeness (QED) is 0.679. The van der Waals surface area contributed by atoms with E-state index >= 15 is 0 Å². The maximum absolute atomic E-state index is 13.0. The Balaban J connectivity index is 1.75. The summed E-state index contributed by atoms with van der Waals surface area (Å²) in [5.74, 6) is -0.740. The van der Waals surface area contributed by atoms with E-state index in [0.717, 1.165) is 5.56 Å². The van der Waals surface area contributed by atoms with Crippen LogP contribution in [0.1, 0.15) is 21.1 Å². The van der Waals surface area contributed by atoms with Crippen LogP contribution in [0, 0.1) is 12.7 Å². The number of benzene rings is 1. The van der Waals surface area contributed by atoms with E-state index in [1.165, 1.54) is 23.5 Å². The lowest BCUT2D eigenvalue weighted by Crippen LogP contribution is -2.05. The summed E-state index contributed by atoms with van der Waals surface area (Å²) in [6.07, 6.45) is 1.65. The van der Waals surface area contributed by atoms with Gasteiger partial charge in [-0.25, -0.2) is 14.2 Å². The third-order valence-corrected chi connectivity index (χ3v) is 4.34. The van der Waals surface area contributed by atoms with E-state index in [9.17, 15) is 9.18 Å². The molecule has 0 amide bonds. The van der Waals surface area contributed by atoms with Crippen molar-refractivity contribution in [1.29, 1.82) is 0 Å². The number of halogens is 1. The number of pyridine rings is 1. The second-order valence-electron chi connectivity index (χ2n) is 4.84. The molecular weight excluding hydrogens is 315 g/mol. The van der Waals surface area contributed by atoms with Crippen molar-refractivity contribution in [3.8, 4) is 10.6 Å². The number of ether oxygens (including phenoxy) is 1. The van der Waals surface area contributed by atoms with Crippen molar-refractivity contribution in [3.05, 3.63) is 70.7 Å². The SMILES string of the molecule is Cc1nc(-c2ccc(F)cc2)sc1C(=O)OCc1ccccn1. The van der Waals surface area contributed by atoms with Crippen LogP contribution in [0.5, 0.6) is 0 Å². The molecule has 3 aromatic rings. The van der Waals surface area contributed by atoms with Crippen LogP contribution in [0.4, 0.5) is 4.39 Å². The molecule has 0 saturated carbocycles. The first kappa shape index (κ1) is 15.3. The van der Waals surface area contributed by atoms with Crippen molar-refractivity contribution < 1.29 is 13.9 Å². The highest BCUT2D eigenvalue weighted by Crippen LogP contribution is 2.28. The zero-order valence-electron chi connectivity index (χ0n) is 12.3. The molecule has 0 bridgehead atoms. The summed E-state index contributed by atoms with van der Waals surface area (Å²) in [5.41, 5.74) is 2.05. The highest BCUT2D eigenvalue weighted by Gasteiger charge is 2.17. The Labute approximate surface area is 136 Å². The Morgan fingerprint density at radius 1 is 1.22 bits per heavy atom. The zero-order chi connectivity index (χ0) is 16.2. The van der Waals surface area contributed by atoms with Crippen LogP contribution < -0.4 is 0 Å². The van der Waals surface area contributed by atoms with Gasteiger partial charge in [0.2, 0.25) is 0 Å². The lowest BCUT2D eigenvalue weighted by atomic mass is 10.2. The summed E-state index contributed by atoms with van der Waals surface area (Å²) in [6.45, 7) is 1.86. The van der Waals surface area contributed by atoms with Gasteiger partial charge in [0.25, 0.3) is 0 Å². The highest BCUT2D eigenvalue weighted by molar-refractivity contribution is 7.17. The average molecular weight is 328 g/mol. The minimum absolute atomic E-state index is 0.114. The van der Waals surface area contributed by atoms with Gasteiger partial charge >= 0.3 is 5.97 Å². The fraction of sp³-hybridized carbons (Fsp3) is 0.118. The molecule has 116 valence electrons. The molecule has 2 aromatic heterocycles. The van der Waals surface area contributed by atoms with Crippen LogP contribution in [-0.4, -0.2) is 15.9 Å². The summed E-state index contributed by atoms with van der Waals surface area (Å²) < 4.78 is 18.3. The number of carbonyl (C=O) groups excluding carboxylic acids is 1. The lowest BCUT2D eigenvalue weighted by Gasteiger charge is -2.02. The van der Waals surface area contributed by atoms with Crippen LogP contribution in [0.15, 0.2) is 48.7 Å². The molecule has 23 heavy (non-hydrogen) atoms. The summed E-state index contributed by atoms with van der Waals surface area (Å²) in [5, 5.41) is 0.660. The Morgan fingerprint density at radius 2 is 2.00 bits per heavy atom. The van der Waals surface area contributed by atoms with Crippen LogP contribution in [-0.2, 0) is 11.3 Å². The number of hydrogen-bond donors (Lipinski definition) is 0. The van der Waals surface area contributed by atoms with E-state index in [-0.39, 0.29) is 12.4 Å². The first-order valence-electron chi connectivity index (χ1n) is 6.94. The number of aromatic nitrogens is 2. The van der Waals surface area contributed by atoms with Gasteiger partial charge in [0.1, 0.15) is 22.3 Å². The molecular formula is C17H13FN2O2S. The summed E-state index contributed by atoms with van der Waals surface area (Å²) >= 11 is 1.23. The molecule has 0 atom stereocenters. The molecule has 4 nitrogen and oxygen atoms in total. The van der Waals surface area contributed by atoms with Crippen molar-refractivity contribution in [2.24, 2.45) is 0 Å². The van der Waals surface area contributed by atoms with Crippen LogP contribution in [0.3, 0.4) is 0 Å². The van der Waals surface area contributed by atoms with Gasteiger partial charge in [-0.2, -0.15) is 0 Å². The standard InChI is InChI=1S/C17H13FN2O2S/c1-11-15(17(21)22-10-14-4-2-3-9-19-14)23-16(20-11)12-5-7-13(18)8-6-12/h2-9H,10H2,1H3. The predicted octanol–water partition coefficient (Wildman–Crippen LogP) is 4.01. The second kappa shape index (κ2) is 6.66. The van der Waals surface area contributed by atoms with Gasteiger partial charge in [-0.05, 0) is 43.3 Å². The molecule has 1 aromatic carbocycles. The first-order valence-corrected chi connectivity index (χ1v) is 7.75. The van der Waals surface area contributed by atoms with Crippen molar-refractivity contribution in [2.75, 3.05) is 0 Å². The van der Waals surface area contributed by atoms with E-state index in [2.05, 4.69) is 9.97 Å². The van der Waals surface area contributed by atoms with Crippen molar-refractivity contribution in [3.63, 3.8) is 0 Å². The topological polar surface area (TPSA) is 52.1 Å². The number of rotatable bonds is 4. The van der Waals surface area contributed by atoms with Gasteiger partial charge in [0, 0.05) is 11.8 Å². The van der Waals surface area contributed by atoms with Crippen molar-refractivity contribution in [1.82, 2.24) is 9.97 Å². The largest absolute Gasteiger partial charge is 0.455 e. The molecule has 0 spiro atoms. The monoisotopic (exact) mass is 328 g/mol. The number of thiazole rings is 1. The van der Waals surface area contributed by atoms with Gasteiger partial charge < -0.3 is 4.74 Å². The van der Waals surface area contributed by atoms with E-state index < -0.39 is 5.97 Å². The molecule has 0 fully saturated rings. The third kappa shape index (κ3) is 3.60. The fourth-order valence-electron chi connectivity index (χ4n) is 1.99. The van der Waals surface area contributed by atoms with Crippen LogP contribution in [0.2, 0.25) is 0 Å². The lowest BCUT2D eigenvalue weighted by molar-refractivity contribution is 0.0472. The zero-order valence-corrected chi connectivity index (χ0v) is 13.1.